The Kier molecular flexibility index (Phi) is 43.9. The normalized spacial score (nSPS) is 2.00. The lowest BCUT2D eigenvalue weighted by Gasteiger charge is -1.31. The molecule has 0 fully saturated rings. The van der Waals surface area contributed by atoms with Gasteiger partial charge in [0.25, 0.3) is 0 Å². The Bertz CT molecular complexity index is 24.3. The minimum atomic E-state index is 0. The van der Waals surface area contributed by atoms with E-state index in [2.05, 4.69) is 0 Å². The van der Waals surface area contributed by atoms with E-state index < -0.39 is 0 Å². The highest BCUT2D eigenvalue weighted by Crippen LogP contribution is 1.29. The minimum absolute atomic E-state index is 0. The van der Waals surface area contributed by atoms with Crippen molar-refractivity contribution in [2.75, 3.05) is 0 Å². The van der Waals surface area contributed by atoms with E-state index in [-0.39, 0.29) is 12.4 Å². The summed E-state index contributed by atoms with van der Waals surface area (Å²) in [5.41, 5.74) is 13.5. The summed E-state index contributed by atoms with van der Waals surface area (Å²) in [5, 5.41) is 0. The highest BCUT2D eigenvalue weighted by molar-refractivity contribution is 5.85. The summed E-state index contributed by atoms with van der Waals surface area (Å²) in [6.07, 6.45) is 0. The van der Waals surface area contributed by atoms with Gasteiger partial charge < -0.3 is 11.1 Å². The summed E-state index contributed by atoms with van der Waals surface area (Å²) in [4.78, 5) is 1.50. The lowest BCUT2D eigenvalue weighted by molar-refractivity contribution is 2.36. The molecule has 4 heavy (non-hydrogen) atoms. The van der Waals surface area contributed by atoms with Crippen LogP contribution in [0.4, 0.5) is 0 Å². The second-order valence-electron chi connectivity index (χ2n) is 0.0894. The van der Waals surface area contributed by atoms with Gasteiger partial charge in [-0.2, -0.15) is 0 Å². The molecule has 0 spiro atoms. The lowest BCUT2D eigenvalue weighted by atomic mass is 13.0. The van der Waals surface area contributed by atoms with Gasteiger partial charge in [-0.15, -0.1) is 0 Å². The van der Waals surface area contributed by atoms with Gasteiger partial charge in [-0.3, -0.25) is 4.91 Å². The maximum absolute atomic E-state index is 6.75. The van der Waals surface area contributed by atoms with E-state index in [1.54, 1.807) is 0 Å². The Labute approximate surface area is 29.5 Å². The van der Waals surface area contributed by atoms with E-state index in [4.69, 9.17) is 11.1 Å². The average molecular weight is 77.5 g/mol. The van der Waals surface area contributed by atoms with Crippen LogP contribution in [0.5, 0.6) is 0 Å². The molecular formula is ClN3-. The van der Waals surface area contributed by atoms with E-state index in [0.29, 0.717) is 0 Å². The van der Waals surface area contributed by atoms with Crippen molar-refractivity contribution in [1.29, 1.82) is 0 Å². The summed E-state index contributed by atoms with van der Waals surface area (Å²) in [6.45, 7) is 0. The first kappa shape index (κ1) is 9.51. The Hall–Kier alpha value is -0.400. The summed E-state index contributed by atoms with van der Waals surface area (Å²) in [6, 6.07) is 0. The molecule has 0 aromatic carbocycles. The third-order valence-corrected chi connectivity index (χ3v) is 0. The number of hydrogen-bond donors (Lipinski definition) is 0. The van der Waals surface area contributed by atoms with Gasteiger partial charge in [-0.25, -0.2) is 0 Å². The highest BCUT2D eigenvalue weighted by Gasteiger charge is 0.689. The Morgan fingerprint density at radius 2 is 1.25 bits per heavy atom. The van der Waals surface area contributed by atoms with Gasteiger partial charge in [0.05, 0.1) is 0 Å². The average Bonchev–Trinajstić information content (AvgIpc) is 0.918. The van der Waals surface area contributed by atoms with Crippen LogP contribution in [-0.4, -0.2) is 0 Å². The molecule has 1 radical (unpaired) electrons. The van der Waals surface area contributed by atoms with Crippen molar-refractivity contribution in [3.63, 3.8) is 0 Å². The molecule has 0 rings (SSSR count). The maximum atomic E-state index is 6.75. The zero-order chi connectivity index (χ0) is 2.71. The van der Waals surface area contributed by atoms with E-state index in [1.165, 1.54) is 4.91 Å². The van der Waals surface area contributed by atoms with E-state index in [9.17, 15) is 0 Å². The van der Waals surface area contributed by atoms with Gasteiger partial charge in [0.1, 0.15) is 0 Å². The van der Waals surface area contributed by atoms with Crippen LogP contribution < -0.4 is 0 Å². The molecule has 0 bridgehead atoms. The van der Waals surface area contributed by atoms with Gasteiger partial charge in [0.2, 0.25) is 0 Å². The summed E-state index contributed by atoms with van der Waals surface area (Å²) >= 11 is 0. The molecule has 23 valence electrons. The van der Waals surface area contributed by atoms with Crippen LogP contribution in [0.15, 0.2) is 0 Å². The van der Waals surface area contributed by atoms with Crippen LogP contribution in [0.3, 0.4) is 0 Å². The highest BCUT2D eigenvalue weighted by atomic mass is 35.5. The van der Waals surface area contributed by atoms with E-state index in [1.807, 2.05) is 0 Å². The van der Waals surface area contributed by atoms with Crippen molar-refractivity contribution in [2.45, 2.75) is 0 Å². The molecule has 0 unspecified atom stereocenters. The molecule has 0 saturated heterocycles. The maximum Gasteiger partial charge on any atom is 0 e. The molecule has 0 aliphatic carbocycles. The first-order valence-electron chi connectivity index (χ1n) is 0.400. The molecule has 0 atom stereocenters. The summed E-state index contributed by atoms with van der Waals surface area (Å²) < 4.78 is 0. The number of hydrogen-bond acceptors (Lipinski definition) is 0. The molecule has 0 aliphatic rings. The first-order chi connectivity index (χ1) is 1.41. The lowest BCUT2D eigenvalue weighted by Crippen LogP contribution is -0.711. The predicted octanol–water partition coefficient (Wildman–Crippen LogP) is 1.56. The quantitative estimate of drug-likeness (QED) is 0.239. The molecule has 0 aromatic rings. The van der Waals surface area contributed by atoms with Gasteiger partial charge in [0.15, 0.2) is 0 Å². The van der Waals surface area contributed by atoms with Gasteiger partial charge in [-0.05, 0) is 0 Å². The van der Waals surface area contributed by atoms with Crippen LogP contribution in [0.25, 0.3) is 16.0 Å². The number of nitrogens with zero attached hydrogens (tertiary/aromatic N) is 3. The van der Waals surface area contributed by atoms with Crippen LogP contribution in [-0.2, 0) is 0 Å². The van der Waals surface area contributed by atoms with Crippen LogP contribution in [0.1, 0.15) is 0 Å². The number of rotatable bonds is 0. The van der Waals surface area contributed by atoms with Crippen molar-refractivity contribution in [2.24, 2.45) is 0 Å². The largest absolute Gasteiger partial charge is 0.373 e. The fourth-order valence-corrected chi connectivity index (χ4v) is 0. The molecule has 0 amide bonds. The van der Waals surface area contributed by atoms with Crippen molar-refractivity contribution < 1.29 is 0 Å². The molecule has 0 heterocycles. The van der Waals surface area contributed by atoms with Gasteiger partial charge in [-0.1, -0.05) is 0 Å². The van der Waals surface area contributed by atoms with Crippen LogP contribution in [0, 0.1) is 0 Å². The first-order valence-corrected chi connectivity index (χ1v) is 0.400. The zero-order valence-electron chi connectivity index (χ0n) is 1.72. The van der Waals surface area contributed by atoms with Gasteiger partial charge in [0, 0.05) is 12.4 Å². The second-order valence-corrected chi connectivity index (χ2v) is 0.0894. The predicted molar refractivity (Wildman–Crippen MR) is 15.9 cm³/mol. The SMILES string of the molecule is [Cl].[N-]=[N+]=[N-]. The van der Waals surface area contributed by atoms with Crippen molar-refractivity contribution in [1.82, 2.24) is 0 Å². The third kappa shape index (κ3) is 3.60. The Balaban J connectivity index is 0. The summed E-state index contributed by atoms with van der Waals surface area (Å²) in [5.74, 6) is 0. The fraction of sp³-hybridized carbons (Fsp3) is 0. The molecule has 0 aliphatic heterocycles. The van der Waals surface area contributed by atoms with E-state index in [0.717, 1.165) is 0 Å². The van der Waals surface area contributed by atoms with Crippen molar-refractivity contribution in [3.05, 3.63) is 16.0 Å². The topological polar surface area (TPSA) is 58.7 Å². The standard InChI is InChI=1S/Cl.N3/c;1-3-2/q;-1. The smallest absolute Gasteiger partial charge is 0 e. The molecule has 0 aromatic heterocycles. The number of halogens is 1. The third-order valence-electron chi connectivity index (χ3n) is 0. The Morgan fingerprint density at radius 1 is 1.25 bits per heavy atom. The van der Waals surface area contributed by atoms with Crippen molar-refractivity contribution >= 4 is 12.4 Å². The summed E-state index contributed by atoms with van der Waals surface area (Å²) in [7, 11) is 0. The Morgan fingerprint density at radius 3 is 1.25 bits per heavy atom. The molecule has 0 N–H and O–H groups in total. The fourth-order valence-electron chi connectivity index (χ4n) is 0. The van der Waals surface area contributed by atoms with Crippen LogP contribution >= 0.6 is 12.4 Å². The monoisotopic (exact) mass is 77.0 g/mol. The minimum Gasteiger partial charge on any atom is -0.373 e. The van der Waals surface area contributed by atoms with E-state index >= 15 is 0 Å². The second kappa shape index (κ2) is 18.5. The molecule has 3 nitrogen and oxygen atoms in total. The van der Waals surface area contributed by atoms with Gasteiger partial charge >= 0.3 is 0 Å². The van der Waals surface area contributed by atoms with Crippen molar-refractivity contribution in [3.8, 4) is 0 Å². The zero-order valence-corrected chi connectivity index (χ0v) is 2.48. The molecule has 4 heteroatoms. The van der Waals surface area contributed by atoms with Crippen LogP contribution in [0.2, 0.25) is 0 Å². The molecule has 0 saturated carbocycles. The molecular weight excluding hydrogens is 77.5 g/mol.